The number of nitrogens with zero attached hydrogens (tertiary/aromatic N) is 1. The Labute approximate surface area is 137 Å². The summed E-state index contributed by atoms with van der Waals surface area (Å²) < 4.78 is 27.0. The molecule has 0 unspecified atom stereocenters. The summed E-state index contributed by atoms with van der Waals surface area (Å²) in [5.74, 6) is -1.57. The molecule has 122 valence electrons. The standard InChI is InChI=1S/C16H17F2N3OS/c17-13-2-1-3-14(18)15(13)20-16(22)19-12-4-6-21(9-12)8-11-5-7-23-10-11/h1-3,5,7,10,12H,4,6,8-9H2,(H2,19,20,22)/t12-/m1/s1. The van der Waals surface area contributed by atoms with Gasteiger partial charge in [-0.05, 0) is 40.9 Å². The van der Waals surface area contributed by atoms with E-state index < -0.39 is 23.4 Å². The summed E-state index contributed by atoms with van der Waals surface area (Å²) in [6.45, 7) is 2.46. The van der Waals surface area contributed by atoms with Gasteiger partial charge in [-0.2, -0.15) is 11.3 Å². The Hall–Kier alpha value is -1.99. The van der Waals surface area contributed by atoms with E-state index in [1.807, 2.05) is 5.38 Å². The third kappa shape index (κ3) is 4.05. The lowest BCUT2D eigenvalue weighted by atomic mass is 10.2. The third-order valence-corrected chi connectivity index (χ3v) is 4.53. The number of carbonyl (C=O) groups excluding carboxylic acids is 1. The Balaban J connectivity index is 1.51. The number of amides is 2. The number of halogens is 2. The van der Waals surface area contributed by atoms with E-state index in [-0.39, 0.29) is 6.04 Å². The maximum atomic E-state index is 13.5. The van der Waals surface area contributed by atoms with Crippen LogP contribution in [-0.4, -0.2) is 30.1 Å². The summed E-state index contributed by atoms with van der Waals surface area (Å²) in [5.41, 5.74) is 0.839. The molecule has 1 atom stereocenters. The maximum Gasteiger partial charge on any atom is 0.319 e. The molecule has 3 rings (SSSR count). The molecule has 23 heavy (non-hydrogen) atoms. The average molecular weight is 337 g/mol. The van der Waals surface area contributed by atoms with Crippen molar-refractivity contribution in [1.82, 2.24) is 10.2 Å². The van der Waals surface area contributed by atoms with E-state index >= 15 is 0 Å². The van der Waals surface area contributed by atoms with E-state index in [9.17, 15) is 13.6 Å². The molecule has 1 aliphatic heterocycles. The zero-order valence-electron chi connectivity index (χ0n) is 12.4. The number of rotatable bonds is 4. The zero-order valence-corrected chi connectivity index (χ0v) is 13.2. The topological polar surface area (TPSA) is 44.4 Å². The monoisotopic (exact) mass is 337 g/mol. The molecule has 4 nitrogen and oxygen atoms in total. The number of thiophene rings is 1. The molecule has 1 aromatic heterocycles. The summed E-state index contributed by atoms with van der Waals surface area (Å²) in [4.78, 5) is 14.2. The molecule has 2 aromatic rings. The Morgan fingerprint density at radius 3 is 2.78 bits per heavy atom. The number of hydrogen-bond donors (Lipinski definition) is 2. The number of nitrogens with one attached hydrogen (secondary N) is 2. The number of anilines is 1. The van der Waals surface area contributed by atoms with Gasteiger partial charge in [0.1, 0.15) is 17.3 Å². The van der Waals surface area contributed by atoms with Crippen molar-refractivity contribution in [2.45, 2.75) is 19.0 Å². The molecule has 1 saturated heterocycles. The number of benzene rings is 1. The van der Waals surface area contributed by atoms with Gasteiger partial charge in [-0.15, -0.1) is 0 Å². The van der Waals surface area contributed by atoms with Gasteiger partial charge in [0.25, 0.3) is 0 Å². The minimum atomic E-state index is -0.786. The Morgan fingerprint density at radius 2 is 2.09 bits per heavy atom. The van der Waals surface area contributed by atoms with E-state index in [0.717, 1.165) is 38.2 Å². The molecule has 0 bridgehead atoms. The smallest absolute Gasteiger partial charge is 0.319 e. The molecule has 0 radical (unpaired) electrons. The van der Waals surface area contributed by atoms with Gasteiger partial charge in [0.2, 0.25) is 0 Å². The van der Waals surface area contributed by atoms with Gasteiger partial charge in [0, 0.05) is 25.7 Å². The van der Waals surface area contributed by atoms with Crippen LogP contribution in [0.1, 0.15) is 12.0 Å². The molecule has 1 fully saturated rings. The van der Waals surface area contributed by atoms with Crippen LogP contribution in [0.2, 0.25) is 0 Å². The molecule has 7 heteroatoms. The van der Waals surface area contributed by atoms with Crippen molar-refractivity contribution < 1.29 is 13.6 Å². The van der Waals surface area contributed by atoms with Crippen molar-refractivity contribution in [1.29, 1.82) is 0 Å². The molecule has 0 spiro atoms. The van der Waals surface area contributed by atoms with Crippen molar-refractivity contribution in [3.63, 3.8) is 0 Å². The number of likely N-dealkylation sites (tertiary alicyclic amines) is 1. The fraction of sp³-hybridized carbons (Fsp3) is 0.312. The van der Waals surface area contributed by atoms with Crippen molar-refractivity contribution in [3.05, 3.63) is 52.2 Å². The van der Waals surface area contributed by atoms with Crippen molar-refractivity contribution in [2.24, 2.45) is 0 Å². The molecular weight excluding hydrogens is 320 g/mol. The first-order chi connectivity index (χ1) is 11.1. The normalized spacial score (nSPS) is 18.1. The predicted octanol–water partition coefficient (Wildman–Crippen LogP) is 3.42. The SMILES string of the molecule is O=C(Nc1c(F)cccc1F)N[C@@H]1CCN(Cc2ccsc2)C1. The summed E-state index contributed by atoms with van der Waals surface area (Å²) >= 11 is 1.66. The van der Waals surface area contributed by atoms with Crippen LogP contribution in [-0.2, 0) is 6.54 Å². The van der Waals surface area contributed by atoms with Crippen LogP contribution in [0.15, 0.2) is 35.0 Å². The van der Waals surface area contributed by atoms with E-state index in [2.05, 4.69) is 27.0 Å². The van der Waals surface area contributed by atoms with Gasteiger partial charge in [-0.1, -0.05) is 6.07 Å². The van der Waals surface area contributed by atoms with Crippen LogP contribution in [0.25, 0.3) is 0 Å². The quantitative estimate of drug-likeness (QED) is 0.898. The van der Waals surface area contributed by atoms with Gasteiger partial charge in [-0.25, -0.2) is 13.6 Å². The Morgan fingerprint density at radius 1 is 1.30 bits per heavy atom. The highest BCUT2D eigenvalue weighted by Crippen LogP contribution is 2.19. The van der Waals surface area contributed by atoms with Crippen LogP contribution in [0, 0.1) is 11.6 Å². The lowest BCUT2D eigenvalue weighted by Gasteiger charge is -2.16. The second-order valence-electron chi connectivity index (χ2n) is 5.55. The summed E-state index contributed by atoms with van der Waals surface area (Å²) in [7, 11) is 0. The maximum absolute atomic E-state index is 13.5. The minimum absolute atomic E-state index is 0.0246. The summed E-state index contributed by atoms with van der Waals surface area (Å²) in [6, 6.07) is 4.94. The molecule has 1 aliphatic rings. The van der Waals surface area contributed by atoms with Gasteiger partial charge in [0.05, 0.1) is 0 Å². The molecule has 2 heterocycles. The van der Waals surface area contributed by atoms with Gasteiger partial charge in [0.15, 0.2) is 0 Å². The van der Waals surface area contributed by atoms with Crippen LogP contribution in [0.5, 0.6) is 0 Å². The summed E-state index contributed by atoms with van der Waals surface area (Å²) in [6.07, 6.45) is 0.817. The van der Waals surface area contributed by atoms with Crippen LogP contribution >= 0.6 is 11.3 Å². The van der Waals surface area contributed by atoms with Gasteiger partial charge < -0.3 is 10.6 Å². The Kier molecular flexibility index (Phi) is 4.88. The second-order valence-corrected chi connectivity index (χ2v) is 6.33. The number of para-hydroxylation sites is 1. The highest BCUT2D eigenvalue weighted by atomic mass is 32.1. The fourth-order valence-electron chi connectivity index (χ4n) is 2.69. The molecule has 0 saturated carbocycles. The van der Waals surface area contributed by atoms with Gasteiger partial charge >= 0.3 is 6.03 Å². The molecule has 2 amide bonds. The minimum Gasteiger partial charge on any atom is -0.334 e. The zero-order chi connectivity index (χ0) is 16.2. The third-order valence-electron chi connectivity index (χ3n) is 3.80. The van der Waals surface area contributed by atoms with E-state index in [1.54, 1.807) is 11.3 Å². The number of hydrogen-bond acceptors (Lipinski definition) is 3. The number of carbonyl (C=O) groups is 1. The molecular formula is C16H17F2N3OS. The predicted molar refractivity (Wildman–Crippen MR) is 86.5 cm³/mol. The van der Waals surface area contributed by atoms with Crippen molar-refractivity contribution >= 4 is 23.1 Å². The molecule has 1 aromatic carbocycles. The van der Waals surface area contributed by atoms with E-state index in [1.165, 1.54) is 11.6 Å². The van der Waals surface area contributed by atoms with Crippen LogP contribution in [0.3, 0.4) is 0 Å². The van der Waals surface area contributed by atoms with Crippen molar-refractivity contribution in [2.75, 3.05) is 18.4 Å². The molecule has 0 aliphatic carbocycles. The molecule has 2 N–H and O–H groups in total. The highest BCUT2D eigenvalue weighted by molar-refractivity contribution is 7.07. The first kappa shape index (κ1) is 15.9. The van der Waals surface area contributed by atoms with E-state index in [4.69, 9.17) is 0 Å². The second kappa shape index (κ2) is 7.06. The first-order valence-corrected chi connectivity index (χ1v) is 8.31. The Bertz CT molecular complexity index is 658. The lowest BCUT2D eigenvalue weighted by molar-refractivity contribution is 0.247. The van der Waals surface area contributed by atoms with Gasteiger partial charge in [-0.3, -0.25) is 4.90 Å². The van der Waals surface area contributed by atoms with Crippen molar-refractivity contribution in [3.8, 4) is 0 Å². The largest absolute Gasteiger partial charge is 0.334 e. The highest BCUT2D eigenvalue weighted by Gasteiger charge is 2.24. The van der Waals surface area contributed by atoms with Crippen LogP contribution in [0.4, 0.5) is 19.3 Å². The first-order valence-electron chi connectivity index (χ1n) is 7.37. The van der Waals surface area contributed by atoms with E-state index in [0.29, 0.717) is 0 Å². The van der Waals surface area contributed by atoms with Crippen LogP contribution < -0.4 is 10.6 Å². The number of urea groups is 1. The lowest BCUT2D eigenvalue weighted by Crippen LogP contribution is -2.39. The average Bonchev–Trinajstić information content (AvgIpc) is 3.16. The summed E-state index contributed by atoms with van der Waals surface area (Å²) in [5, 5.41) is 9.16. The fourth-order valence-corrected chi connectivity index (χ4v) is 3.35.